The molecule has 6 nitrogen and oxygen atoms in total. The molecule has 31 heavy (non-hydrogen) atoms. The highest BCUT2D eigenvalue weighted by Gasteiger charge is 2.12. The lowest BCUT2D eigenvalue weighted by Crippen LogP contribution is -2.26. The number of carbonyl (C=O) groups excluding carboxylic acids is 1. The number of nitrogens with zero attached hydrogens (tertiary/aromatic N) is 4. The van der Waals surface area contributed by atoms with Gasteiger partial charge in [0.1, 0.15) is 5.82 Å². The zero-order valence-corrected chi connectivity index (χ0v) is 16.8. The van der Waals surface area contributed by atoms with Gasteiger partial charge in [-0.2, -0.15) is 5.10 Å². The summed E-state index contributed by atoms with van der Waals surface area (Å²) in [5, 5.41) is 7.41. The Labute approximate surface area is 179 Å². The molecule has 0 saturated carbocycles. The molecule has 0 saturated heterocycles. The van der Waals surface area contributed by atoms with Crippen molar-refractivity contribution >= 4 is 11.4 Å². The first-order valence-corrected chi connectivity index (χ1v) is 10.2. The number of aromatic nitrogens is 4. The minimum Gasteiger partial charge on any atom is -0.350 e. The zero-order valence-electron chi connectivity index (χ0n) is 16.8. The topological polar surface area (TPSA) is 64.2 Å². The molecule has 1 N–H and O–H groups in total. The molecule has 6 heteroatoms. The van der Waals surface area contributed by atoms with E-state index in [0.29, 0.717) is 18.7 Å². The van der Waals surface area contributed by atoms with Crippen LogP contribution in [0.2, 0.25) is 0 Å². The van der Waals surface area contributed by atoms with Crippen LogP contribution in [0.1, 0.15) is 16.2 Å². The van der Waals surface area contributed by atoms with Crippen LogP contribution in [0.4, 0.5) is 0 Å². The molecule has 0 atom stereocenters. The van der Waals surface area contributed by atoms with Crippen molar-refractivity contribution in [2.45, 2.75) is 6.42 Å². The average molecular weight is 407 g/mol. The molecule has 5 rings (SSSR count). The standard InChI is InChI=1S/C25H21N5O/c31-25(27-16-13-21-8-4-5-15-26-21)23-14-17-30(28-23)24-12-11-22-10-9-20(18-29(22)24)19-6-2-1-3-7-19/h1-12,14-15,17-18H,13,16H2,(H,27,31). The van der Waals surface area contributed by atoms with Gasteiger partial charge in [0.2, 0.25) is 0 Å². The van der Waals surface area contributed by atoms with E-state index in [1.807, 2.05) is 54.7 Å². The second-order valence-electron chi connectivity index (χ2n) is 7.24. The molecule has 0 bridgehead atoms. The fraction of sp³-hybridized carbons (Fsp3) is 0.0800. The van der Waals surface area contributed by atoms with Gasteiger partial charge in [-0.15, -0.1) is 0 Å². The predicted octanol–water partition coefficient (Wildman–Crippen LogP) is 4.16. The first kappa shape index (κ1) is 18.8. The lowest BCUT2D eigenvalue weighted by Gasteiger charge is -2.07. The molecule has 0 aliphatic carbocycles. The third-order valence-corrected chi connectivity index (χ3v) is 5.19. The zero-order chi connectivity index (χ0) is 21.0. The molecule has 152 valence electrons. The van der Waals surface area contributed by atoms with Gasteiger partial charge in [0.15, 0.2) is 5.69 Å². The highest BCUT2D eigenvalue weighted by Crippen LogP contribution is 2.22. The van der Waals surface area contributed by atoms with Crippen molar-refractivity contribution in [3.05, 3.63) is 109 Å². The maximum Gasteiger partial charge on any atom is 0.271 e. The van der Waals surface area contributed by atoms with Crippen LogP contribution in [0, 0.1) is 0 Å². The molecule has 1 amide bonds. The van der Waals surface area contributed by atoms with E-state index in [0.717, 1.165) is 28.2 Å². The van der Waals surface area contributed by atoms with Crippen molar-refractivity contribution in [2.24, 2.45) is 0 Å². The Bertz CT molecular complexity index is 1320. The number of hydrogen-bond donors (Lipinski definition) is 1. The van der Waals surface area contributed by atoms with Gasteiger partial charge in [-0.1, -0.05) is 42.5 Å². The highest BCUT2D eigenvalue weighted by atomic mass is 16.1. The number of amides is 1. The van der Waals surface area contributed by atoms with E-state index in [9.17, 15) is 4.79 Å². The molecular formula is C25H21N5O. The maximum atomic E-state index is 12.5. The molecule has 0 unspecified atom stereocenters. The lowest BCUT2D eigenvalue weighted by molar-refractivity contribution is 0.0948. The summed E-state index contributed by atoms with van der Waals surface area (Å²) < 4.78 is 3.81. The summed E-state index contributed by atoms with van der Waals surface area (Å²) in [6, 6.07) is 26.0. The molecule has 4 aromatic heterocycles. The number of carbonyl (C=O) groups is 1. The highest BCUT2D eigenvalue weighted by molar-refractivity contribution is 5.92. The van der Waals surface area contributed by atoms with E-state index in [-0.39, 0.29) is 5.91 Å². The predicted molar refractivity (Wildman–Crippen MR) is 120 cm³/mol. The summed E-state index contributed by atoms with van der Waals surface area (Å²) in [5.41, 5.74) is 4.66. The van der Waals surface area contributed by atoms with Gasteiger partial charge >= 0.3 is 0 Å². The average Bonchev–Trinajstić information content (AvgIpc) is 3.47. The van der Waals surface area contributed by atoms with Crippen molar-refractivity contribution in [3.8, 4) is 16.9 Å². The second-order valence-corrected chi connectivity index (χ2v) is 7.24. The second kappa shape index (κ2) is 8.28. The van der Waals surface area contributed by atoms with Gasteiger partial charge in [0, 0.05) is 42.8 Å². The Morgan fingerprint density at radius 2 is 1.71 bits per heavy atom. The van der Waals surface area contributed by atoms with Crippen LogP contribution in [0.3, 0.4) is 0 Å². The van der Waals surface area contributed by atoms with Crippen molar-refractivity contribution in [3.63, 3.8) is 0 Å². The molecule has 0 aliphatic heterocycles. The van der Waals surface area contributed by atoms with Gasteiger partial charge in [-0.25, -0.2) is 4.68 Å². The number of benzene rings is 1. The SMILES string of the molecule is O=C(NCCc1ccccn1)c1ccn(-c2ccc3ccc(-c4ccccc4)cn23)n1. The Morgan fingerprint density at radius 3 is 2.55 bits per heavy atom. The molecule has 1 aromatic carbocycles. The Hall–Kier alpha value is -4.19. The third-order valence-electron chi connectivity index (χ3n) is 5.19. The fourth-order valence-corrected chi connectivity index (χ4v) is 3.59. The normalized spacial score (nSPS) is 11.0. The molecular weight excluding hydrogens is 386 g/mol. The monoisotopic (exact) mass is 407 g/mol. The van der Waals surface area contributed by atoms with Crippen molar-refractivity contribution < 1.29 is 4.79 Å². The number of nitrogens with one attached hydrogen (secondary N) is 1. The summed E-state index contributed by atoms with van der Waals surface area (Å²) in [4.78, 5) is 16.8. The molecule has 5 aromatic rings. The Kier molecular flexibility index (Phi) is 5.02. The van der Waals surface area contributed by atoms with E-state index in [1.165, 1.54) is 0 Å². The largest absolute Gasteiger partial charge is 0.350 e. The first-order valence-electron chi connectivity index (χ1n) is 10.2. The van der Waals surface area contributed by atoms with Crippen LogP contribution in [0.25, 0.3) is 22.5 Å². The van der Waals surface area contributed by atoms with Crippen molar-refractivity contribution in [1.29, 1.82) is 0 Å². The summed E-state index contributed by atoms with van der Waals surface area (Å²) in [5.74, 6) is 0.681. The van der Waals surface area contributed by atoms with Gasteiger partial charge in [-0.3, -0.25) is 9.78 Å². The van der Waals surface area contributed by atoms with Crippen LogP contribution in [0.5, 0.6) is 0 Å². The van der Waals surface area contributed by atoms with Crippen molar-refractivity contribution in [1.82, 2.24) is 24.5 Å². The lowest BCUT2D eigenvalue weighted by atomic mass is 10.1. The van der Waals surface area contributed by atoms with Gasteiger partial charge in [0.05, 0.1) is 0 Å². The fourth-order valence-electron chi connectivity index (χ4n) is 3.59. The Balaban J connectivity index is 1.35. The van der Waals surface area contributed by atoms with Gasteiger partial charge in [0.25, 0.3) is 5.91 Å². The summed E-state index contributed by atoms with van der Waals surface area (Å²) in [7, 11) is 0. The van der Waals surface area contributed by atoms with Crippen LogP contribution in [-0.4, -0.2) is 31.6 Å². The number of pyridine rings is 2. The van der Waals surface area contributed by atoms with Crippen LogP contribution in [-0.2, 0) is 6.42 Å². The van der Waals surface area contributed by atoms with Gasteiger partial charge < -0.3 is 9.72 Å². The van der Waals surface area contributed by atoms with Crippen LogP contribution in [0.15, 0.2) is 97.5 Å². The van der Waals surface area contributed by atoms with E-state index in [2.05, 4.69) is 50.3 Å². The van der Waals surface area contributed by atoms with Gasteiger partial charge in [-0.05, 0) is 47.5 Å². The van der Waals surface area contributed by atoms with Crippen molar-refractivity contribution in [2.75, 3.05) is 6.54 Å². The van der Waals surface area contributed by atoms with E-state index in [1.54, 1.807) is 16.9 Å². The number of fused-ring (bicyclic) bond motifs is 1. The van der Waals surface area contributed by atoms with Crippen LogP contribution < -0.4 is 5.32 Å². The molecule has 0 fully saturated rings. The summed E-state index contributed by atoms with van der Waals surface area (Å²) in [6.07, 6.45) is 6.34. The maximum absolute atomic E-state index is 12.5. The summed E-state index contributed by atoms with van der Waals surface area (Å²) >= 11 is 0. The molecule has 0 spiro atoms. The van der Waals surface area contributed by atoms with Crippen LogP contribution >= 0.6 is 0 Å². The minimum absolute atomic E-state index is 0.194. The number of rotatable bonds is 6. The number of hydrogen-bond acceptors (Lipinski definition) is 3. The molecule has 0 aliphatic rings. The molecule has 4 heterocycles. The summed E-state index contributed by atoms with van der Waals surface area (Å²) in [6.45, 7) is 0.511. The quantitative estimate of drug-likeness (QED) is 0.460. The minimum atomic E-state index is -0.194. The molecule has 0 radical (unpaired) electrons. The first-order chi connectivity index (χ1) is 15.3. The van der Waals surface area contributed by atoms with E-state index < -0.39 is 0 Å². The van der Waals surface area contributed by atoms with E-state index in [4.69, 9.17) is 0 Å². The van der Waals surface area contributed by atoms with E-state index >= 15 is 0 Å². The Morgan fingerprint density at radius 1 is 0.871 bits per heavy atom. The third kappa shape index (κ3) is 3.96. The smallest absolute Gasteiger partial charge is 0.271 e.